The molecule has 242 valence electrons. The number of benzene rings is 2. The predicted molar refractivity (Wildman–Crippen MR) is 176 cm³/mol. The fourth-order valence-corrected chi connectivity index (χ4v) is 7.09. The van der Waals surface area contributed by atoms with Crippen LogP contribution in [0.4, 0.5) is 26.7 Å². The molecule has 1 saturated heterocycles. The summed E-state index contributed by atoms with van der Waals surface area (Å²) in [5.41, 5.74) is 3.94. The normalized spacial score (nSPS) is 24.6. The van der Waals surface area contributed by atoms with Gasteiger partial charge in [0.1, 0.15) is 0 Å². The lowest BCUT2D eigenvalue weighted by Gasteiger charge is -2.45. The number of carbonyl (C=O) groups is 4. The van der Waals surface area contributed by atoms with Crippen LogP contribution in [0.15, 0.2) is 47.5 Å². The van der Waals surface area contributed by atoms with Crippen LogP contribution in [0.25, 0.3) is 5.57 Å². The Bertz CT molecular complexity index is 1640. The van der Waals surface area contributed by atoms with Gasteiger partial charge in [-0.25, -0.2) is 9.59 Å². The van der Waals surface area contributed by atoms with Crippen molar-refractivity contribution in [3.8, 4) is 0 Å². The van der Waals surface area contributed by atoms with Crippen molar-refractivity contribution in [2.24, 2.45) is 16.8 Å². The molecule has 2 bridgehead atoms. The van der Waals surface area contributed by atoms with Crippen LogP contribution in [0.2, 0.25) is 5.02 Å². The molecule has 2 aromatic rings. The highest BCUT2D eigenvalue weighted by molar-refractivity contribution is 6.30. The van der Waals surface area contributed by atoms with Crippen molar-refractivity contribution in [3.63, 3.8) is 0 Å². The molecule has 4 aliphatic rings. The van der Waals surface area contributed by atoms with Crippen molar-refractivity contribution in [1.29, 1.82) is 0 Å². The first-order chi connectivity index (χ1) is 22.2. The summed E-state index contributed by atoms with van der Waals surface area (Å²) in [6, 6.07) is 10.7. The second-order valence-corrected chi connectivity index (χ2v) is 12.8. The van der Waals surface area contributed by atoms with Gasteiger partial charge in [0.15, 0.2) is 5.60 Å². The molecule has 1 spiro atoms. The van der Waals surface area contributed by atoms with Crippen molar-refractivity contribution in [1.82, 2.24) is 4.90 Å². The smallest absolute Gasteiger partial charge is 0.412 e. The van der Waals surface area contributed by atoms with Gasteiger partial charge < -0.3 is 19.7 Å². The highest BCUT2D eigenvalue weighted by Gasteiger charge is 2.47. The number of likely N-dealkylation sites (tertiary alicyclic amines) is 1. The van der Waals surface area contributed by atoms with Crippen molar-refractivity contribution in [3.05, 3.63) is 58.6 Å². The Morgan fingerprint density at radius 2 is 1.93 bits per heavy atom. The van der Waals surface area contributed by atoms with Crippen LogP contribution in [-0.2, 0) is 24.7 Å². The second-order valence-electron chi connectivity index (χ2n) is 12.4. The number of nitrogens with zero attached hydrogens (tertiary/aromatic N) is 2. The molecule has 4 amide bonds. The number of allylic oxidation sites excluding steroid dienone is 1. The first-order valence-electron chi connectivity index (χ1n) is 15.8. The monoisotopic (exact) mass is 647 g/mol. The third-order valence-electron chi connectivity index (χ3n) is 9.23. The summed E-state index contributed by atoms with van der Waals surface area (Å²) in [5.74, 6) is -0.643. The Balaban J connectivity index is 1.34. The molecular formula is C34H38ClN5O6. The van der Waals surface area contributed by atoms with Crippen LogP contribution < -0.4 is 16.0 Å². The van der Waals surface area contributed by atoms with Gasteiger partial charge >= 0.3 is 12.2 Å². The Labute approximate surface area is 272 Å². The van der Waals surface area contributed by atoms with Crippen molar-refractivity contribution in [2.75, 3.05) is 42.7 Å². The predicted octanol–water partition coefficient (Wildman–Crippen LogP) is 6.59. The number of dihydropyridines is 1. The minimum atomic E-state index is -0.995. The first-order valence-corrected chi connectivity index (χ1v) is 16.2. The summed E-state index contributed by atoms with van der Waals surface area (Å²) < 4.78 is 10.7. The number of piperidine rings is 1. The fourth-order valence-electron chi connectivity index (χ4n) is 6.91. The molecule has 2 aromatic carbocycles. The summed E-state index contributed by atoms with van der Waals surface area (Å²) in [4.78, 5) is 58.7. The van der Waals surface area contributed by atoms with E-state index in [1.807, 2.05) is 23.1 Å². The number of aliphatic imine (C=N–C) groups is 1. The second kappa shape index (κ2) is 13.2. The van der Waals surface area contributed by atoms with Gasteiger partial charge in [-0.3, -0.25) is 25.2 Å². The maximum absolute atomic E-state index is 14.5. The van der Waals surface area contributed by atoms with Gasteiger partial charge in [-0.15, -0.1) is 0 Å². The molecule has 0 radical (unpaired) electrons. The Morgan fingerprint density at radius 3 is 2.76 bits per heavy atom. The highest BCUT2D eigenvalue weighted by Crippen LogP contribution is 2.44. The molecular weight excluding hydrogens is 610 g/mol. The number of ether oxygens (including phenoxy) is 2. The number of hydrogen-bond donors (Lipinski definition) is 3. The number of anilines is 3. The molecule has 6 rings (SSSR count). The zero-order chi connectivity index (χ0) is 32.4. The molecule has 4 aliphatic heterocycles. The molecule has 46 heavy (non-hydrogen) atoms. The highest BCUT2D eigenvalue weighted by atomic mass is 35.5. The van der Waals surface area contributed by atoms with E-state index in [2.05, 4.69) is 22.9 Å². The van der Waals surface area contributed by atoms with E-state index in [1.165, 1.54) is 7.11 Å². The summed E-state index contributed by atoms with van der Waals surface area (Å²) in [7, 11) is 1.29. The number of hydrogen-bond acceptors (Lipinski definition) is 7. The van der Waals surface area contributed by atoms with Crippen LogP contribution in [0, 0.1) is 11.8 Å². The molecule has 11 nitrogen and oxygen atoms in total. The van der Waals surface area contributed by atoms with Crippen LogP contribution in [0.3, 0.4) is 0 Å². The number of methoxy groups -OCH3 is 1. The quantitative estimate of drug-likeness (QED) is 0.336. The number of amides is 4. The van der Waals surface area contributed by atoms with E-state index in [4.69, 9.17) is 26.1 Å². The SMILES string of the molecule is COC(=O)Nc1ccc2c(c1)NC(=O)CCCCC[C@H](C(=O)N1CCC[C@@]3(C1)OC(=O)Nc1ccc(Cl)cc13)C1=NCC(C)C2=C1. The van der Waals surface area contributed by atoms with E-state index >= 15 is 0 Å². The van der Waals surface area contributed by atoms with Crippen LogP contribution in [0.1, 0.15) is 63.0 Å². The minimum absolute atomic E-state index is 0.0216. The van der Waals surface area contributed by atoms with Crippen molar-refractivity contribution in [2.45, 2.75) is 57.5 Å². The number of carbonyl (C=O) groups excluding carboxylic acids is 4. The standard InChI is InChI=1S/C34H38ClN5O6/c1-20-18-36-28-17-25(20)23-11-10-22(37-32(43)45-2)16-29(23)38-30(41)8-5-3-4-7-24(28)31(42)40-14-6-13-34(19-40)26-15-21(35)9-12-27(26)39-33(44)46-34/h9-12,15-17,20,24H,3-8,13-14,18-19H2,1-2H3,(H,37,43)(H,38,41)(H,39,44)/t20?,24-,34-/m0/s1. The van der Waals surface area contributed by atoms with Gasteiger partial charge in [0, 0.05) is 53.0 Å². The average molecular weight is 648 g/mol. The summed E-state index contributed by atoms with van der Waals surface area (Å²) in [6.45, 7) is 3.31. The fraction of sp³-hybridized carbons (Fsp3) is 0.441. The topological polar surface area (TPSA) is 138 Å². The van der Waals surface area contributed by atoms with Crippen LogP contribution in [0.5, 0.6) is 0 Å². The largest absolute Gasteiger partial charge is 0.453 e. The third kappa shape index (κ3) is 6.46. The van der Waals surface area contributed by atoms with Gasteiger partial charge in [0.05, 0.1) is 30.9 Å². The van der Waals surface area contributed by atoms with Gasteiger partial charge in [0.2, 0.25) is 11.8 Å². The van der Waals surface area contributed by atoms with Gasteiger partial charge in [0.25, 0.3) is 0 Å². The number of nitrogens with one attached hydrogen (secondary N) is 3. The molecule has 3 N–H and O–H groups in total. The molecule has 1 fully saturated rings. The van der Waals surface area contributed by atoms with Crippen molar-refractivity contribution < 1.29 is 28.7 Å². The molecule has 0 aliphatic carbocycles. The molecule has 1 unspecified atom stereocenters. The number of halogens is 1. The third-order valence-corrected chi connectivity index (χ3v) is 9.47. The van der Waals surface area contributed by atoms with E-state index in [0.717, 1.165) is 29.5 Å². The summed E-state index contributed by atoms with van der Waals surface area (Å²) in [5, 5.41) is 9.00. The Hall–Kier alpha value is -4.38. The zero-order valence-electron chi connectivity index (χ0n) is 26.0. The van der Waals surface area contributed by atoms with Crippen molar-refractivity contribution >= 4 is 63.9 Å². The molecule has 0 aromatic heterocycles. The lowest BCUT2D eigenvalue weighted by molar-refractivity contribution is -0.141. The van der Waals surface area contributed by atoms with E-state index in [0.29, 0.717) is 73.0 Å². The average Bonchev–Trinajstić information content (AvgIpc) is 3.04. The molecule has 12 heteroatoms. The van der Waals surface area contributed by atoms with E-state index in [1.54, 1.807) is 24.3 Å². The van der Waals surface area contributed by atoms with Gasteiger partial charge in [-0.2, -0.15) is 0 Å². The number of fused-ring (bicyclic) bond motifs is 5. The Morgan fingerprint density at radius 1 is 1.09 bits per heavy atom. The lowest BCUT2D eigenvalue weighted by Crippen LogP contribution is -2.54. The number of rotatable bonds is 2. The Kier molecular flexibility index (Phi) is 9.04. The first kappa shape index (κ1) is 31.6. The van der Waals surface area contributed by atoms with Crippen LogP contribution >= 0.6 is 11.6 Å². The zero-order valence-corrected chi connectivity index (χ0v) is 26.7. The maximum Gasteiger partial charge on any atom is 0.412 e. The minimum Gasteiger partial charge on any atom is -0.453 e. The van der Waals surface area contributed by atoms with E-state index in [-0.39, 0.29) is 24.3 Å². The summed E-state index contributed by atoms with van der Waals surface area (Å²) in [6.07, 6.45) is 5.17. The van der Waals surface area contributed by atoms with Gasteiger partial charge in [-0.1, -0.05) is 37.4 Å². The molecule has 3 atom stereocenters. The van der Waals surface area contributed by atoms with Crippen LogP contribution in [-0.4, -0.2) is 61.4 Å². The maximum atomic E-state index is 14.5. The molecule has 0 saturated carbocycles. The lowest BCUT2D eigenvalue weighted by atomic mass is 9.82. The molecule has 4 heterocycles. The van der Waals surface area contributed by atoms with E-state index < -0.39 is 23.7 Å². The van der Waals surface area contributed by atoms with E-state index in [9.17, 15) is 19.2 Å². The summed E-state index contributed by atoms with van der Waals surface area (Å²) >= 11 is 6.37. The van der Waals surface area contributed by atoms with Gasteiger partial charge in [-0.05, 0) is 67.7 Å².